The average Bonchev–Trinajstić information content (AvgIpc) is 2.95. The number of hydrazone groups is 1. The zero-order valence-electron chi connectivity index (χ0n) is 16.6. The summed E-state index contributed by atoms with van der Waals surface area (Å²) in [6, 6.07) is 12.7. The fourth-order valence-corrected chi connectivity index (χ4v) is 3.49. The molecule has 0 radical (unpaired) electrons. The number of aliphatic hydroxyl groups is 1. The third kappa shape index (κ3) is 4.05. The molecule has 3 rings (SSSR count). The van der Waals surface area contributed by atoms with E-state index in [2.05, 4.69) is 18.9 Å². The quantitative estimate of drug-likeness (QED) is 0.797. The van der Waals surface area contributed by atoms with E-state index in [-0.39, 0.29) is 18.9 Å². The minimum atomic E-state index is -1.54. The molecule has 1 heterocycles. The number of hydrogen-bond acceptors (Lipinski definition) is 4. The molecule has 0 aromatic heterocycles. The number of ether oxygens (including phenoxy) is 1. The summed E-state index contributed by atoms with van der Waals surface area (Å²) >= 11 is 5.95. The van der Waals surface area contributed by atoms with E-state index in [0.717, 1.165) is 16.1 Å². The van der Waals surface area contributed by atoms with Gasteiger partial charge in [-0.05, 0) is 49.1 Å². The number of halogens is 1. The molecule has 0 saturated carbocycles. The lowest BCUT2D eigenvalue weighted by Gasteiger charge is -2.31. The zero-order chi connectivity index (χ0) is 20.5. The monoisotopic (exact) mass is 400 g/mol. The van der Waals surface area contributed by atoms with Crippen molar-refractivity contribution in [2.24, 2.45) is 5.10 Å². The molecule has 1 aliphatic rings. The van der Waals surface area contributed by atoms with Crippen molar-refractivity contribution in [2.75, 3.05) is 6.61 Å². The summed E-state index contributed by atoms with van der Waals surface area (Å²) in [4.78, 5) is 12.9. The van der Waals surface area contributed by atoms with E-state index in [0.29, 0.717) is 22.0 Å². The van der Waals surface area contributed by atoms with Crippen LogP contribution in [0.4, 0.5) is 0 Å². The number of carbonyl (C=O) groups excluding carboxylic acids is 1. The van der Waals surface area contributed by atoms with Crippen LogP contribution in [0.2, 0.25) is 5.02 Å². The molecule has 28 heavy (non-hydrogen) atoms. The van der Waals surface area contributed by atoms with Gasteiger partial charge in [-0.3, -0.25) is 4.79 Å². The first-order chi connectivity index (χ1) is 13.2. The molecule has 5 nitrogen and oxygen atoms in total. The second kappa shape index (κ2) is 7.94. The van der Waals surface area contributed by atoms with Crippen molar-refractivity contribution in [1.82, 2.24) is 5.01 Å². The van der Waals surface area contributed by atoms with Crippen LogP contribution in [-0.2, 0) is 10.5 Å². The Kier molecular flexibility index (Phi) is 5.77. The number of carbonyl (C=O) groups is 1. The first-order valence-corrected chi connectivity index (χ1v) is 9.67. The van der Waals surface area contributed by atoms with Crippen LogP contribution in [0, 0.1) is 6.92 Å². The van der Waals surface area contributed by atoms with Crippen LogP contribution >= 0.6 is 11.6 Å². The van der Waals surface area contributed by atoms with Gasteiger partial charge in [-0.1, -0.05) is 49.7 Å². The molecule has 0 unspecified atom stereocenters. The highest BCUT2D eigenvalue weighted by Gasteiger charge is 2.44. The molecule has 0 bridgehead atoms. The van der Waals surface area contributed by atoms with Crippen LogP contribution in [0.15, 0.2) is 47.6 Å². The number of aryl methyl sites for hydroxylation is 1. The Morgan fingerprint density at radius 2 is 1.93 bits per heavy atom. The smallest absolute Gasteiger partial charge is 0.283 e. The Morgan fingerprint density at radius 1 is 1.25 bits per heavy atom. The van der Waals surface area contributed by atoms with Gasteiger partial charge in [0.15, 0.2) is 12.3 Å². The Bertz CT molecular complexity index is 908. The third-order valence-corrected chi connectivity index (χ3v) is 5.06. The normalized spacial score (nSPS) is 19.1. The van der Waals surface area contributed by atoms with Gasteiger partial charge in [0.25, 0.3) is 5.91 Å². The fraction of sp³-hybridized carbons (Fsp3) is 0.364. The van der Waals surface area contributed by atoms with Gasteiger partial charge in [0.1, 0.15) is 5.75 Å². The van der Waals surface area contributed by atoms with Gasteiger partial charge >= 0.3 is 0 Å². The molecule has 1 atom stereocenters. The fourth-order valence-electron chi connectivity index (χ4n) is 3.37. The number of hydrogen-bond donors (Lipinski definition) is 1. The van der Waals surface area contributed by atoms with Crippen LogP contribution in [0.3, 0.4) is 0 Å². The maximum absolute atomic E-state index is 12.9. The maximum atomic E-state index is 12.9. The number of amides is 1. The van der Waals surface area contributed by atoms with E-state index in [1.165, 1.54) is 0 Å². The molecule has 1 aliphatic heterocycles. The first-order valence-electron chi connectivity index (χ1n) is 9.29. The van der Waals surface area contributed by atoms with Crippen molar-refractivity contribution in [3.05, 3.63) is 64.2 Å². The molecule has 0 fully saturated rings. The Hall–Kier alpha value is -2.37. The highest BCUT2D eigenvalue weighted by Crippen LogP contribution is 2.36. The molecular formula is C22H25ClN2O3. The second-order valence-corrected chi connectivity index (χ2v) is 7.96. The van der Waals surface area contributed by atoms with Crippen LogP contribution in [0.25, 0.3) is 0 Å². The molecule has 6 heteroatoms. The van der Waals surface area contributed by atoms with Crippen molar-refractivity contribution in [2.45, 2.75) is 45.8 Å². The highest BCUT2D eigenvalue weighted by atomic mass is 35.5. The van der Waals surface area contributed by atoms with Crippen molar-refractivity contribution < 1.29 is 14.6 Å². The SMILES string of the molecule is CC1=NN(C(=O)COc2cc(C)ccc2C(C)C)[C@@](O)(c2ccc(Cl)cc2)C1. The molecule has 0 aliphatic carbocycles. The molecule has 0 spiro atoms. The van der Waals surface area contributed by atoms with Crippen LogP contribution in [0.5, 0.6) is 5.75 Å². The zero-order valence-corrected chi connectivity index (χ0v) is 17.3. The molecule has 2 aromatic carbocycles. The van der Waals surface area contributed by atoms with E-state index in [1.807, 2.05) is 25.1 Å². The third-order valence-electron chi connectivity index (χ3n) is 4.81. The van der Waals surface area contributed by atoms with Crippen LogP contribution in [0.1, 0.15) is 49.8 Å². The van der Waals surface area contributed by atoms with Crippen molar-refractivity contribution in [1.29, 1.82) is 0 Å². The summed E-state index contributed by atoms with van der Waals surface area (Å²) < 4.78 is 5.84. The summed E-state index contributed by atoms with van der Waals surface area (Å²) in [5.41, 5.74) is 1.78. The van der Waals surface area contributed by atoms with E-state index in [1.54, 1.807) is 31.2 Å². The lowest BCUT2D eigenvalue weighted by Crippen LogP contribution is -2.45. The predicted octanol–water partition coefficient (Wildman–Crippen LogP) is 4.60. The second-order valence-electron chi connectivity index (χ2n) is 7.53. The van der Waals surface area contributed by atoms with Crippen LogP contribution in [-0.4, -0.2) is 28.3 Å². The Morgan fingerprint density at radius 3 is 2.57 bits per heavy atom. The Balaban J connectivity index is 1.81. The molecular weight excluding hydrogens is 376 g/mol. The highest BCUT2D eigenvalue weighted by molar-refractivity contribution is 6.30. The van der Waals surface area contributed by atoms with E-state index < -0.39 is 11.6 Å². The number of nitrogens with zero attached hydrogens (tertiary/aromatic N) is 2. The predicted molar refractivity (Wildman–Crippen MR) is 111 cm³/mol. The van der Waals surface area contributed by atoms with Crippen molar-refractivity contribution in [3.8, 4) is 5.75 Å². The molecule has 0 saturated heterocycles. The molecule has 1 N–H and O–H groups in total. The summed E-state index contributed by atoms with van der Waals surface area (Å²) in [6.07, 6.45) is 0.238. The average molecular weight is 401 g/mol. The largest absolute Gasteiger partial charge is 0.483 e. The van der Waals surface area contributed by atoms with Gasteiger partial charge in [0.05, 0.1) is 0 Å². The number of rotatable bonds is 5. The minimum absolute atomic E-state index is 0.212. The first kappa shape index (κ1) is 20.4. The van der Waals surface area contributed by atoms with E-state index >= 15 is 0 Å². The van der Waals surface area contributed by atoms with Gasteiger partial charge in [0.2, 0.25) is 0 Å². The lowest BCUT2D eigenvalue weighted by atomic mass is 9.98. The molecule has 2 aromatic rings. The minimum Gasteiger partial charge on any atom is -0.483 e. The standard InChI is InChI=1S/C22H25ClN2O3/c1-14(2)19-10-5-15(3)11-20(19)28-13-21(26)25-22(27,12-16(4)24-25)17-6-8-18(23)9-7-17/h5-11,14,27H,12-13H2,1-4H3/t22-/m0/s1. The maximum Gasteiger partial charge on any atom is 0.283 e. The van der Waals surface area contributed by atoms with Gasteiger partial charge < -0.3 is 9.84 Å². The van der Waals surface area contributed by atoms with Gasteiger partial charge in [0, 0.05) is 22.7 Å². The van der Waals surface area contributed by atoms with E-state index in [9.17, 15) is 9.90 Å². The Labute approximate surface area is 170 Å². The summed E-state index contributed by atoms with van der Waals surface area (Å²) in [7, 11) is 0. The van der Waals surface area contributed by atoms with Gasteiger partial charge in [-0.2, -0.15) is 10.1 Å². The van der Waals surface area contributed by atoms with Crippen molar-refractivity contribution >= 4 is 23.2 Å². The molecule has 1 amide bonds. The lowest BCUT2D eigenvalue weighted by molar-refractivity contribution is -0.159. The van der Waals surface area contributed by atoms with Gasteiger partial charge in [-0.15, -0.1) is 0 Å². The van der Waals surface area contributed by atoms with Crippen molar-refractivity contribution in [3.63, 3.8) is 0 Å². The summed E-state index contributed by atoms with van der Waals surface area (Å²) in [5.74, 6) is 0.535. The van der Waals surface area contributed by atoms with E-state index in [4.69, 9.17) is 16.3 Å². The topological polar surface area (TPSA) is 62.1 Å². The number of benzene rings is 2. The van der Waals surface area contributed by atoms with Gasteiger partial charge in [-0.25, -0.2) is 0 Å². The van der Waals surface area contributed by atoms with Crippen LogP contribution < -0.4 is 4.74 Å². The molecule has 148 valence electrons. The summed E-state index contributed by atoms with van der Waals surface area (Å²) in [6.45, 7) is 7.70. The summed E-state index contributed by atoms with van der Waals surface area (Å²) in [5, 5.41) is 17.2.